The molecule has 0 aromatic carbocycles. The van der Waals surface area contributed by atoms with Crippen LogP contribution in [0.3, 0.4) is 0 Å². The second kappa shape index (κ2) is 3.88. The van der Waals surface area contributed by atoms with Crippen molar-refractivity contribution in [3.63, 3.8) is 0 Å². The Morgan fingerprint density at radius 1 is 1.38 bits per heavy atom. The van der Waals surface area contributed by atoms with Crippen molar-refractivity contribution in [2.75, 3.05) is 0 Å². The molecule has 0 aliphatic rings. The highest BCUT2D eigenvalue weighted by atomic mass is 19.1. The van der Waals surface area contributed by atoms with E-state index in [0.29, 0.717) is 0 Å². The van der Waals surface area contributed by atoms with Crippen molar-refractivity contribution >= 4 is 11.9 Å². The van der Waals surface area contributed by atoms with Crippen molar-refractivity contribution in [2.24, 2.45) is 11.5 Å². The molecule has 0 aromatic heterocycles. The minimum Gasteiger partial charge on any atom is -0.399 e. The maximum absolute atomic E-state index is 13.0. The topological polar surface area (TPSA) is 98.2 Å². The number of primary amides is 1. The van der Waals surface area contributed by atoms with Crippen molar-refractivity contribution in [3.8, 4) is 0 Å². The van der Waals surface area contributed by atoms with Gasteiger partial charge < -0.3 is 11.5 Å². The fourth-order valence-electron chi connectivity index (χ4n) is 0.470. The van der Waals surface area contributed by atoms with Crippen LogP contribution in [-0.4, -0.2) is 17.6 Å². The molecule has 0 aliphatic carbocycles. The maximum atomic E-state index is 13.0. The number of hydrogen-bond acceptors (Lipinski definition) is 3. The number of nitrogens with one attached hydrogen (secondary N) is 1. The summed E-state index contributed by atoms with van der Waals surface area (Å²) in [5, 5.41) is 1.72. The maximum Gasteiger partial charge on any atom is 0.319 e. The molecule has 0 radical (unpaired) electrons. The van der Waals surface area contributed by atoms with E-state index in [-0.39, 0.29) is 5.70 Å². The van der Waals surface area contributed by atoms with E-state index in [4.69, 9.17) is 5.73 Å². The zero-order chi connectivity index (χ0) is 10.6. The average molecular weight is 189 g/mol. The number of rotatable bonds is 2. The third-order valence-corrected chi connectivity index (χ3v) is 1.22. The molecule has 6 heteroatoms. The van der Waals surface area contributed by atoms with Crippen LogP contribution in [0.25, 0.3) is 0 Å². The van der Waals surface area contributed by atoms with Crippen LogP contribution in [0.1, 0.15) is 13.8 Å². The van der Waals surface area contributed by atoms with Gasteiger partial charge in [-0.1, -0.05) is 0 Å². The van der Waals surface area contributed by atoms with E-state index in [1.54, 1.807) is 5.32 Å². The van der Waals surface area contributed by atoms with Crippen LogP contribution >= 0.6 is 0 Å². The smallest absolute Gasteiger partial charge is 0.319 e. The predicted octanol–water partition coefficient (Wildman–Crippen LogP) is -0.228. The predicted molar refractivity (Wildman–Crippen MR) is 45.2 cm³/mol. The van der Waals surface area contributed by atoms with Crippen LogP contribution in [-0.2, 0) is 4.79 Å². The van der Waals surface area contributed by atoms with Crippen molar-refractivity contribution in [1.82, 2.24) is 5.32 Å². The Kier molecular flexibility index (Phi) is 3.41. The number of halogens is 1. The van der Waals surface area contributed by atoms with Gasteiger partial charge in [0.25, 0.3) is 5.91 Å². The first-order valence-corrected chi connectivity index (χ1v) is 3.50. The number of carbonyl (C=O) groups excluding carboxylic acids is 2. The van der Waals surface area contributed by atoms with E-state index in [9.17, 15) is 14.0 Å². The van der Waals surface area contributed by atoms with Gasteiger partial charge in [-0.3, -0.25) is 10.1 Å². The number of amides is 3. The molecule has 3 amide bonds. The first kappa shape index (κ1) is 11.4. The third kappa shape index (κ3) is 4.78. The Hall–Kier alpha value is -1.59. The summed E-state index contributed by atoms with van der Waals surface area (Å²) < 4.78 is 13.0. The SMILES string of the molecule is CC(C)(F)C(N)=CC(=O)NC(N)=O. The minimum absolute atomic E-state index is 0.272. The van der Waals surface area contributed by atoms with Gasteiger partial charge in [0.05, 0.1) is 5.70 Å². The van der Waals surface area contributed by atoms with E-state index in [2.05, 4.69) is 5.73 Å². The molecule has 5 N–H and O–H groups in total. The van der Waals surface area contributed by atoms with Gasteiger partial charge in [0.15, 0.2) is 0 Å². The summed E-state index contributed by atoms with van der Waals surface area (Å²) in [5.74, 6) is -0.837. The number of allylic oxidation sites excluding steroid dienone is 1. The lowest BCUT2D eigenvalue weighted by Crippen LogP contribution is -2.35. The molecule has 0 aliphatic heterocycles. The molecule has 0 atom stereocenters. The van der Waals surface area contributed by atoms with Gasteiger partial charge in [-0.05, 0) is 13.8 Å². The van der Waals surface area contributed by atoms with Crippen LogP contribution in [0.2, 0.25) is 0 Å². The number of urea groups is 1. The molecule has 0 aromatic rings. The van der Waals surface area contributed by atoms with Crippen LogP contribution in [0.5, 0.6) is 0 Å². The molecule has 0 saturated heterocycles. The zero-order valence-corrected chi connectivity index (χ0v) is 7.43. The van der Waals surface area contributed by atoms with Gasteiger partial charge in [0.2, 0.25) is 0 Å². The molecule has 0 fully saturated rings. The van der Waals surface area contributed by atoms with Crippen LogP contribution in [0.4, 0.5) is 9.18 Å². The quantitative estimate of drug-likeness (QED) is 0.523. The highest BCUT2D eigenvalue weighted by Gasteiger charge is 2.20. The lowest BCUT2D eigenvalue weighted by molar-refractivity contribution is -0.115. The normalized spacial score (nSPS) is 12.4. The molecular weight excluding hydrogens is 177 g/mol. The Bertz CT molecular complexity index is 255. The summed E-state index contributed by atoms with van der Waals surface area (Å²) in [6, 6.07) is -1.01. The summed E-state index contributed by atoms with van der Waals surface area (Å²) in [4.78, 5) is 20.9. The van der Waals surface area contributed by atoms with Crippen LogP contribution in [0.15, 0.2) is 11.8 Å². The molecule has 0 bridgehead atoms. The van der Waals surface area contributed by atoms with Gasteiger partial charge in [0.1, 0.15) is 5.67 Å². The summed E-state index contributed by atoms with van der Waals surface area (Å²) in [6.45, 7) is 2.38. The molecule has 5 nitrogen and oxygen atoms in total. The van der Waals surface area contributed by atoms with E-state index >= 15 is 0 Å². The minimum atomic E-state index is -1.80. The highest BCUT2D eigenvalue weighted by Crippen LogP contribution is 2.14. The van der Waals surface area contributed by atoms with Gasteiger partial charge in [-0.15, -0.1) is 0 Å². The fraction of sp³-hybridized carbons (Fsp3) is 0.429. The molecule has 0 rings (SSSR count). The number of hydrogen-bond donors (Lipinski definition) is 3. The summed E-state index contributed by atoms with van der Waals surface area (Å²) in [7, 11) is 0. The first-order valence-electron chi connectivity index (χ1n) is 3.50. The lowest BCUT2D eigenvalue weighted by Gasteiger charge is -2.13. The fourth-order valence-corrected chi connectivity index (χ4v) is 0.470. The number of alkyl halides is 1. The Balaban J connectivity index is 4.40. The van der Waals surface area contributed by atoms with Gasteiger partial charge >= 0.3 is 6.03 Å². The highest BCUT2D eigenvalue weighted by molar-refractivity contribution is 6.00. The molecular formula is C7H12FN3O2. The second-order valence-electron chi connectivity index (χ2n) is 2.93. The molecule has 0 saturated carbocycles. The number of carbonyl (C=O) groups is 2. The Labute approximate surface area is 75.0 Å². The third-order valence-electron chi connectivity index (χ3n) is 1.22. The van der Waals surface area contributed by atoms with Gasteiger partial charge in [-0.25, -0.2) is 9.18 Å². The second-order valence-corrected chi connectivity index (χ2v) is 2.93. The molecule has 13 heavy (non-hydrogen) atoms. The van der Waals surface area contributed by atoms with Gasteiger partial charge in [-0.2, -0.15) is 0 Å². The van der Waals surface area contributed by atoms with E-state index < -0.39 is 17.6 Å². The summed E-state index contributed by atoms with van der Waals surface area (Å²) >= 11 is 0. The first-order chi connectivity index (χ1) is 5.73. The Morgan fingerprint density at radius 2 is 1.85 bits per heavy atom. The molecule has 0 heterocycles. The van der Waals surface area contributed by atoms with Crippen LogP contribution < -0.4 is 16.8 Å². The van der Waals surface area contributed by atoms with E-state index in [0.717, 1.165) is 6.08 Å². The van der Waals surface area contributed by atoms with Crippen LogP contribution in [0, 0.1) is 0 Å². The Morgan fingerprint density at radius 3 is 2.15 bits per heavy atom. The number of imide groups is 1. The summed E-state index contributed by atoms with van der Waals surface area (Å²) in [5.41, 5.74) is 7.78. The number of nitrogens with two attached hydrogens (primary N) is 2. The van der Waals surface area contributed by atoms with E-state index in [1.165, 1.54) is 13.8 Å². The monoisotopic (exact) mass is 189 g/mol. The molecule has 0 unspecified atom stereocenters. The summed E-state index contributed by atoms with van der Waals surface area (Å²) in [6.07, 6.45) is 0.782. The van der Waals surface area contributed by atoms with Crippen molar-refractivity contribution in [2.45, 2.75) is 19.5 Å². The largest absolute Gasteiger partial charge is 0.399 e. The van der Waals surface area contributed by atoms with Crippen molar-refractivity contribution in [3.05, 3.63) is 11.8 Å². The van der Waals surface area contributed by atoms with Crippen molar-refractivity contribution < 1.29 is 14.0 Å². The lowest BCUT2D eigenvalue weighted by atomic mass is 10.1. The van der Waals surface area contributed by atoms with E-state index in [1.807, 2.05) is 0 Å². The zero-order valence-electron chi connectivity index (χ0n) is 7.43. The molecule has 74 valence electrons. The van der Waals surface area contributed by atoms with Crippen molar-refractivity contribution in [1.29, 1.82) is 0 Å². The van der Waals surface area contributed by atoms with Gasteiger partial charge in [0, 0.05) is 6.08 Å². The average Bonchev–Trinajstić information content (AvgIpc) is 1.82. The standard InChI is InChI=1S/C7H12FN3O2/c1-7(2,8)4(9)3-5(12)11-6(10)13/h3H,9H2,1-2H3,(H3,10,11,12,13). The molecule has 0 spiro atoms.